The van der Waals surface area contributed by atoms with Gasteiger partial charge in [-0.2, -0.15) is 0 Å². The molecule has 0 aliphatic carbocycles. The molecule has 0 aromatic heterocycles. The monoisotopic (exact) mass is 466 g/mol. The lowest BCUT2D eigenvalue weighted by atomic mass is 9.95. The normalized spacial score (nSPS) is 19.1. The van der Waals surface area contributed by atoms with Crippen molar-refractivity contribution in [3.8, 4) is 17.2 Å². The summed E-state index contributed by atoms with van der Waals surface area (Å²) in [5, 5.41) is 21.3. The van der Waals surface area contributed by atoms with Gasteiger partial charge in [0.15, 0.2) is 11.5 Å². The van der Waals surface area contributed by atoms with E-state index in [9.17, 15) is 19.8 Å². The van der Waals surface area contributed by atoms with Crippen molar-refractivity contribution in [3.05, 3.63) is 59.2 Å². The van der Waals surface area contributed by atoms with Crippen LogP contribution in [-0.4, -0.2) is 71.1 Å². The number of hydrogen-bond donors (Lipinski definition) is 2. The van der Waals surface area contributed by atoms with Gasteiger partial charge in [-0.1, -0.05) is 26.0 Å². The Labute approximate surface area is 199 Å². The maximum atomic E-state index is 13.2. The van der Waals surface area contributed by atoms with Crippen molar-refractivity contribution < 1.29 is 29.3 Å². The summed E-state index contributed by atoms with van der Waals surface area (Å²) in [7, 11) is 0. The number of fused-ring (bicyclic) bond motifs is 1. The number of carbonyl (C=O) groups is 2. The summed E-state index contributed by atoms with van der Waals surface area (Å²) >= 11 is 0. The number of aromatic hydroxyl groups is 1. The van der Waals surface area contributed by atoms with E-state index in [0.717, 1.165) is 19.6 Å². The van der Waals surface area contributed by atoms with Crippen LogP contribution in [0.25, 0.3) is 5.76 Å². The van der Waals surface area contributed by atoms with Gasteiger partial charge >= 0.3 is 0 Å². The van der Waals surface area contributed by atoms with Crippen LogP contribution in [0.2, 0.25) is 0 Å². The van der Waals surface area contributed by atoms with Crippen molar-refractivity contribution in [2.75, 3.05) is 39.4 Å². The highest BCUT2D eigenvalue weighted by molar-refractivity contribution is 6.46. The Hall–Kier alpha value is -3.52. The minimum atomic E-state index is -0.808. The molecule has 2 aromatic carbocycles. The van der Waals surface area contributed by atoms with Crippen molar-refractivity contribution in [1.29, 1.82) is 0 Å². The van der Waals surface area contributed by atoms with Crippen molar-refractivity contribution >= 4 is 17.4 Å². The summed E-state index contributed by atoms with van der Waals surface area (Å²) in [6, 6.07) is 10.6. The fourth-order valence-corrected chi connectivity index (χ4v) is 4.50. The number of hydrogen-bond acceptors (Lipinski definition) is 7. The first-order valence-electron chi connectivity index (χ1n) is 11.6. The van der Waals surface area contributed by atoms with E-state index in [1.807, 2.05) is 0 Å². The first-order chi connectivity index (χ1) is 16.4. The smallest absolute Gasteiger partial charge is 0.295 e. The Morgan fingerprint density at radius 2 is 1.79 bits per heavy atom. The molecule has 4 rings (SSSR count). The summed E-state index contributed by atoms with van der Waals surface area (Å²) in [5.74, 6) is -0.641. The molecule has 0 bridgehead atoms. The molecule has 2 heterocycles. The summed E-state index contributed by atoms with van der Waals surface area (Å²) in [4.78, 5) is 30.0. The number of ketones is 1. The van der Waals surface area contributed by atoms with Gasteiger partial charge in [-0.25, -0.2) is 0 Å². The molecule has 2 aromatic rings. The number of carbonyl (C=O) groups excluding carboxylic acids is 2. The molecule has 34 heavy (non-hydrogen) atoms. The Balaban J connectivity index is 1.73. The van der Waals surface area contributed by atoms with E-state index >= 15 is 0 Å². The number of amides is 1. The largest absolute Gasteiger partial charge is 0.508 e. The van der Waals surface area contributed by atoms with Crippen LogP contribution in [0.3, 0.4) is 0 Å². The Bertz CT molecular complexity index is 1110. The molecule has 1 fully saturated rings. The number of Topliss-reactive ketones (excluding diaryl/α,β-unsaturated/α-hetero) is 1. The highest BCUT2D eigenvalue weighted by Crippen LogP contribution is 2.41. The van der Waals surface area contributed by atoms with Gasteiger partial charge in [-0.05, 0) is 62.0 Å². The lowest BCUT2D eigenvalue weighted by Gasteiger charge is -2.27. The van der Waals surface area contributed by atoms with Crippen molar-refractivity contribution in [3.63, 3.8) is 0 Å². The fraction of sp³-hybridized carbons (Fsp3) is 0.385. The highest BCUT2D eigenvalue weighted by atomic mass is 16.6. The van der Waals surface area contributed by atoms with Crippen LogP contribution in [0.4, 0.5) is 0 Å². The number of aliphatic hydroxyl groups is 1. The van der Waals surface area contributed by atoms with E-state index in [0.29, 0.717) is 48.8 Å². The Morgan fingerprint density at radius 1 is 1.06 bits per heavy atom. The molecule has 0 saturated carbocycles. The van der Waals surface area contributed by atoms with Crippen LogP contribution in [-0.2, 0) is 9.59 Å². The van der Waals surface area contributed by atoms with Gasteiger partial charge in [-0.3, -0.25) is 9.59 Å². The second-order valence-corrected chi connectivity index (χ2v) is 8.33. The highest BCUT2D eigenvalue weighted by Gasteiger charge is 2.46. The molecule has 180 valence electrons. The molecule has 1 amide bonds. The van der Waals surface area contributed by atoms with Gasteiger partial charge in [0.2, 0.25) is 0 Å². The predicted octanol–water partition coefficient (Wildman–Crippen LogP) is 3.32. The van der Waals surface area contributed by atoms with Crippen LogP contribution >= 0.6 is 0 Å². The molecular weight excluding hydrogens is 436 g/mol. The lowest BCUT2D eigenvalue weighted by Crippen LogP contribution is -2.33. The molecule has 1 atom stereocenters. The number of nitrogens with zero attached hydrogens (tertiary/aromatic N) is 2. The molecule has 2 aliphatic rings. The van der Waals surface area contributed by atoms with E-state index in [-0.39, 0.29) is 17.1 Å². The SMILES string of the molecule is CCN(CC)CCCN1C(=O)C(=O)/C(=C(\O)c2ccc3c(c2)OCCO3)C1c1cccc(O)c1. The topological polar surface area (TPSA) is 99.5 Å². The second-order valence-electron chi connectivity index (χ2n) is 8.33. The first-order valence-corrected chi connectivity index (χ1v) is 11.6. The van der Waals surface area contributed by atoms with E-state index in [4.69, 9.17) is 9.47 Å². The molecule has 0 radical (unpaired) electrons. The van der Waals surface area contributed by atoms with Crippen LogP contribution in [0.5, 0.6) is 17.2 Å². The molecule has 8 nitrogen and oxygen atoms in total. The lowest BCUT2D eigenvalue weighted by molar-refractivity contribution is -0.140. The minimum Gasteiger partial charge on any atom is -0.508 e. The molecule has 1 unspecified atom stereocenters. The maximum Gasteiger partial charge on any atom is 0.295 e. The average molecular weight is 467 g/mol. The zero-order valence-corrected chi connectivity index (χ0v) is 19.5. The van der Waals surface area contributed by atoms with Crippen LogP contribution in [0.15, 0.2) is 48.0 Å². The van der Waals surface area contributed by atoms with Gasteiger partial charge in [0.05, 0.1) is 11.6 Å². The zero-order valence-electron chi connectivity index (χ0n) is 19.5. The van der Waals surface area contributed by atoms with Crippen LogP contribution in [0, 0.1) is 0 Å². The first kappa shape index (κ1) is 23.6. The minimum absolute atomic E-state index is 0.00452. The number of rotatable bonds is 8. The second kappa shape index (κ2) is 10.2. The number of phenols is 1. The standard InChI is InChI=1S/C26H30N2O6/c1-3-27(4-2)11-6-12-28-23(17-7-5-8-19(29)15-17)22(25(31)26(28)32)24(30)18-9-10-20-21(16-18)34-14-13-33-20/h5,7-10,15-16,23,29-30H,3-4,6,11-14H2,1-2H3/b24-22-. The fourth-order valence-electron chi connectivity index (χ4n) is 4.50. The van der Waals surface area contributed by atoms with E-state index < -0.39 is 17.7 Å². The van der Waals surface area contributed by atoms with Crippen molar-refractivity contribution in [2.24, 2.45) is 0 Å². The molecule has 1 saturated heterocycles. The summed E-state index contributed by atoms with van der Waals surface area (Å²) in [6.07, 6.45) is 0.675. The van der Waals surface area contributed by atoms with Gasteiger partial charge in [-0.15, -0.1) is 0 Å². The molecule has 2 aliphatic heterocycles. The number of aliphatic hydroxyl groups excluding tert-OH is 1. The van der Waals surface area contributed by atoms with Crippen LogP contribution in [0.1, 0.15) is 37.4 Å². The van der Waals surface area contributed by atoms with Crippen LogP contribution < -0.4 is 9.47 Å². The van der Waals surface area contributed by atoms with E-state index in [2.05, 4.69) is 18.7 Å². The van der Waals surface area contributed by atoms with Gasteiger partial charge in [0.25, 0.3) is 11.7 Å². The number of benzene rings is 2. The van der Waals surface area contributed by atoms with Crippen molar-refractivity contribution in [1.82, 2.24) is 9.80 Å². The number of ether oxygens (including phenoxy) is 2. The Morgan fingerprint density at radius 3 is 2.50 bits per heavy atom. The third-order valence-electron chi connectivity index (χ3n) is 6.31. The molecule has 2 N–H and O–H groups in total. The van der Waals surface area contributed by atoms with Gasteiger partial charge in [0.1, 0.15) is 24.7 Å². The third kappa shape index (κ3) is 4.59. The molecule has 0 spiro atoms. The molecular formula is C26H30N2O6. The summed E-state index contributed by atoms with van der Waals surface area (Å²) in [6.45, 7) is 7.91. The Kier molecular flexibility index (Phi) is 7.07. The average Bonchev–Trinajstić information content (AvgIpc) is 3.11. The molecule has 8 heteroatoms. The summed E-state index contributed by atoms with van der Waals surface area (Å²) in [5.41, 5.74) is 0.909. The van der Waals surface area contributed by atoms with E-state index in [1.54, 1.807) is 30.3 Å². The van der Waals surface area contributed by atoms with Gasteiger partial charge in [0, 0.05) is 12.1 Å². The quantitative estimate of drug-likeness (QED) is 0.350. The predicted molar refractivity (Wildman–Crippen MR) is 127 cm³/mol. The number of likely N-dealkylation sites (tertiary alicyclic amines) is 1. The third-order valence-corrected chi connectivity index (χ3v) is 6.31. The zero-order chi connectivity index (χ0) is 24.2. The number of phenolic OH excluding ortho intramolecular Hbond substituents is 1. The van der Waals surface area contributed by atoms with Gasteiger partial charge < -0.3 is 29.5 Å². The van der Waals surface area contributed by atoms with Crippen molar-refractivity contribution in [2.45, 2.75) is 26.3 Å². The van der Waals surface area contributed by atoms with E-state index in [1.165, 1.54) is 17.0 Å². The summed E-state index contributed by atoms with van der Waals surface area (Å²) < 4.78 is 11.2. The maximum absolute atomic E-state index is 13.2.